The summed E-state index contributed by atoms with van der Waals surface area (Å²) in [7, 11) is 1.74. The Morgan fingerprint density at radius 2 is 2.22 bits per heavy atom. The van der Waals surface area contributed by atoms with Crippen LogP contribution in [0.2, 0.25) is 0 Å². The predicted octanol–water partition coefficient (Wildman–Crippen LogP) is 1.63. The van der Waals surface area contributed by atoms with Gasteiger partial charge < -0.3 is 15.3 Å². The van der Waals surface area contributed by atoms with E-state index in [-0.39, 0.29) is 18.0 Å². The highest BCUT2D eigenvalue weighted by atomic mass is 32.2. The summed E-state index contributed by atoms with van der Waals surface area (Å²) in [5, 5.41) is 11.8. The summed E-state index contributed by atoms with van der Waals surface area (Å²) in [4.78, 5) is 24.8. The number of carbonyl (C=O) groups excluding carboxylic acids is 1. The third kappa shape index (κ3) is 3.80. The van der Waals surface area contributed by atoms with Gasteiger partial charge in [0.15, 0.2) is 0 Å². The molecule has 104 valence electrons. The van der Waals surface area contributed by atoms with Crippen molar-refractivity contribution in [3.63, 3.8) is 0 Å². The van der Waals surface area contributed by atoms with Gasteiger partial charge in [-0.3, -0.25) is 0 Å². The van der Waals surface area contributed by atoms with Crippen LogP contribution in [0.1, 0.15) is 26.7 Å². The van der Waals surface area contributed by atoms with Gasteiger partial charge in [-0.15, -0.1) is 0 Å². The van der Waals surface area contributed by atoms with Gasteiger partial charge in [-0.2, -0.15) is 11.8 Å². The molecule has 2 amide bonds. The lowest BCUT2D eigenvalue weighted by Crippen LogP contribution is -2.52. The van der Waals surface area contributed by atoms with E-state index in [1.807, 2.05) is 25.6 Å². The molecule has 0 bridgehead atoms. The molecule has 0 aromatic carbocycles. The van der Waals surface area contributed by atoms with Crippen molar-refractivity contribution in [1.82, 2.24) is 10.2 Å². The summed E-state index contributed by atoms with van der Waals surface area (Å²) in [6.45, 7) is 3.76. The van der Waals surface area contributed by atoms with Crippen LogP contribution in [0.4, 0.5) is 4.79 Å². The minimum absolute atomic E-state index is 0.0715. The second-order valence-electron chi connectivity index (χ2n) is 4.78. The lowest BCUT2D eigenvalue weighted by molar-refractivity contribution is -0.140. The zero-order valence-corrected chi connectivity index (χ0v) is 12.0. The monoisotopic (exact) mass is 274 g/mol. The SMILES string of the molecule is CC[C@H](C)[C@H](NC(=O)N(C)C1CCSC1)C(=O)O. The fourth-order valence-corrected chi connectivity index (χ4v) is 3.18. The van der Waals surface area contributed by atoms with E-state index < -0.39 is 12.0 Å². The first-order valence-corrected chi connectivity index (χ1v) is 7.46. The topological polar surface area (TPSA) is 69.6 Å². The zero-order chi connectivity index (χ0) is 13.7. The van der Waals surface area contributed by atoms with Crippen molar-refractivity contribution in [3.8, 4) is 0 Å². The first kappa shape index (κ1) is 15.1. The van der Waals surface area contributed by atoms with Crippen LogP contribution < -0.4 is 5.32 Å². The van der Waals surface area contributed by atoms with Gasteiger partial charge in [-0.25, -0.2) is 9.59 Å². The van der Waals surface area contributed by atoms with E-state index in [0.29, 0.717) is 0 Å². The van der Waals surface area contributed by atoms with Gasteiger partial charge in [-0.05, 0) is 18.1 Å². The van der Waals surface area contributed by atoms with Crippen LogP contribution >= 0.6 is 11.8 Å². The first-order chi connectivity index (χ1) is 8.47. The van der Waals surface area contributed by atoms with Crippen LogP contribution in [0, 0.1) is 5.92 Å². The molecule has 1 fully saturated rings. The summed E-state index contributed by atoms with van der Waals surface area (Å²) < 4.78 is 0. The normalized spacial score (nSPS) is 22.3. The number of carboxylic acids is 1. The second kappa shape index (κ2) is 6.87. The summed E-state index contributed by atoms with van der Waals surface area (Å²) in [5.74, 6) is 0.964. The number of urea groups is 1. The molecule has 0 aliphatic carbocycles. The van der Waals surface area contributed by atoms with Gasteiger partial charge in [0.25, 0.3) is 0 Å². The van der Waals surface area contributed by atoms with Crippen LogP contribution in [0.15, 0.2) is 0 Å². The molecule has 1 aliphatic heterocycles. The average molecular weight is 274 g/mol. The van der Waals surface area contributed by atoms with Crippen molar-refractivity contribution in [3.05, 3.63) is 0 Å². The number of nitrogens with zero attached hydrogens (tertiary/aromatic N) is 1. The Balaban J connectivity index is 2.57. The third-order valence-corrected chi connectivity index (χ3v) is 4.68. The van der Waals surface area contributed by atoms with Crippen LogP contribution in [0.3, 0.4) is 0 Å². The Morgan fingerprint density at radius 1 is 1.56 bits per heavy atom. The summed E-state index contributed by atoms with van der Waals surface area (Å²) in [6.07, 6.45) is 1.70. The minimum Gasteiger partial charge on any atom is -0.480 e. The lowest BCUT2D eigenvalue weighted by atomic mass is 9.99. The molecular weight excluding hydrogens is 252 g/mol. The Bertz CT molecular complexity index is 306. The van der Waals surface area contributed by atoms with Crippen molar-refractivity contribution >= 4 is 23.8 Å². The Kier molecular flexibility index (Phi) is 5.78. The largest absolute Gasteiger partial charge is 0.480 e. The van der Waals surface area contributed by atoms with Crippen molar-refractivity contribution in [2.45, 2.75) is 38.8 Å². The summed E-state index contributed by atoms with van der Waals surface area (Å²) in [6, 6.07) is -0.865. The Labute approximate surface area is 112 Å². The van der Waals surface area contributed by atoms with E-state index >= 15 is 0 Å². The maximum atomic E-state index is 12.0. The molecule has 18 heavy (non-hydrogen) atoms. The van der Waals surface area contributed by atoms with Gasteiger partial charge in [-0.1, -0.05) is 20.3 Å². The second-order valence-corrected chi connectivity index (χ2v) is 5.93. The maximum absolute atomic E-state index is 12.0. The van der Waals surface area contributed by atoms with Crippen LogP contribution in [-0.4, -0.2) is 52.6 Å². The molecule has 3 atom stereocenters. The third-order valence-electron chi connectivity index (χ3n) is 3.53. The highest BCUT2D eigenvalue weighted by Crippen LogP contribution is 2.21. The molecule has 1 unspecified atom stereocenters. The van der Waals surface area contributed by atoms with Crippen LogP contribution in [0.25, 0.3) is 0 Å². The van der Waals surface area contributed by atoms with E-state index in [2.05, 4.69) is 5.32 Å². The van der Waals surface area contributed by atoms with Crippen LogP contribution in [0.5, 0.6) is 0 Å². The summed E-state index contributed by atoms with van der Waals surface area (Å²) >= 11 is 1.83. The van der Waals surface area contributed by atoms with E-state index in [1.54, 1.807) is 11.9 Å². The van der Waals surface area contributed by atoms with E-state index in [9.17, 15) is 9.59 Å². The smallest absolute Gasteiger partial charge is 0.326 e. The molecular formula is C12H22N2O3S. The Hall–Kier alpha value is -0.910. The van der Waals surface area contributed by atoms with E-state index in [0.717, 1.165) is 24.3 Å². The first-order valence-electron chi connectivity index (χ1n) is 6.31. The number of hydrogen-bond donors (Lipinski definition) is 2. The number of aliphatic carboxylic acids is 1. The molecule has 1 saturated heterocycles. The number of hydrogen-bond acceptors (Lipinski definition) is 3. The number of carbonyl (C=O) groups is 2. The number of carboxylic acid groups (broad SMARTS) is 1. The molecule has 0 spiro atoms. The number of thioether (sulfide) groups is 1. The molecule has 1 rings (SSSR count). The highest BCUT2D eigenvalue weighted by Gasteiger charge is 2.29. The molecule has 0 aromatic heterocycles. The Morgan fingerprint density at radius 3 is 2.67 bits per heavy atom. The van der Waals surface area contributed by atoms with Crippen LogP contribution in [-0.2, 0) is 4.79 Å². The average Bonchev–Trinajstić information content (AvgIpc) is 2.87. The molecule has 0 aromatic rings. The molecule has 6 heteroatoms. The predicted molar refractivity (Wildman–Crippen MR) is 72.9 cm³/mol. The molecule has 0 saturated carbocycles. The quantitative estimate of drug-likeness (QED) is 0.799. The lowest BCUT2D eigenvalue weighted by Gasteiger charge is -2.27. The van der Waals surface area contributed by atoms with Gasteiger partial charge in [0.1, 0.15) is 6.04 Å². The highest BCUT2D eigenvalue weighted by molar-refractivity contribution is 7.99. The van der Waals surface area contributed by atoms with Gasteiger partial charge in [0.2, 0.25) is 0 Å². The number of rotatable bonds is 5. The molecule has 1 heterocycles. The maximum Gasteiger partial charge on any atom is 0.326 e. The van der Waals surface area contributed by atoms with Gasteiger partial charge in [0, 0.05) is 18.8 Å². The zero-order valence-electron chi connectivity index (χ0n) is 11.2. The molecule has 5 nitrogen and oxygen atoms in total. The van der Waals surface area contributed by atoms with E-state index in [1.165, 1.54) is 0 Å². The molecule has 0 radical (unpaired) electrons. The van der Waals surface area contributed by atoms with Gasteiger partial charge in [0.05, 0.1) is 0 Å². The molecule has 2 N–H and O–H groups in total. The number of nitrogens with one attached hydrogen (secondary N) is 1. The van der Waals surface area contributed by atoms with E-state index in [4.69, 9.17) is 5.11 Å². The van der Waals surface area contributed by atoms with Crippen molar-refractivity contribution in [2.75, 3.05) is 18.6 Å². The number of amides is 2. The minimum atomic E-state index is -0.966. The summed E-state index contributed by atoms with van der Waals surface area (Å²) in [5.41, 5.74) is 0. The van der Waals surface area contributed by atoms with Crippen molar-refractivity contribution in [2.24, 2.45) is 5.92 Å². The molecule has 1 aliphatic rings. The van der Waals surface area contributed by atoms with Crippen molar-refractivity contribution < 1.29 is 14.7 Å². The van der Waals surface area contributed by atoms with Crippen molar-refractivity contribution in [1.29, 1.82) is 0 Å². The fraction of sp³-hybridized carbons (Fsp3) is 0.833. The fourth-order valence-electron chi connectivity index (χ4n) is 1.91. The standard InChI is InChI=1S/C12H22N2O3S/c1-4-8(2)10(11(15)16)13-12(17)14(3)9-5-6-18-7-9/h8-10H,4-7H2,1-3H3,(H,13,17)(H,15,16)/t8-,9?,10-/m0/s1. The van der Waals surface area contributed by atoms with Gasteiger partial charge >= 0.3 is 12.0 Å².